The van der Waals surface area contributed by atoms with Crippen LogP contribution in [-0.4, -0.2) is 35.6 Å². The highest BCUT2D eigenvalue weighted by atomic mass is 16.5. The van der Waals surface area contributed by atoms with E-state index >= 15 is 0 Å². The predicted molar refractivity (Wildman–Crippen MR) is 79.1 cm³/mol. The van der Waals surface area contributed by atoms with Crippen LogP contribution in [0.3, 0.4) is 0 Å². The summed E-state index contributed by atoms with van der Waals surface area (Å²) in [7, 11) is 0. The van der Waals surface area contributed by atoms with E-state index < -0.39 is 6.10 Å². The standard InChI is InChI=1S/C15H28N2O2/c1-4-5-6-7-10-19-12-15(18)11-16-17-13(2)8-9-14(17)3/h8-9,15-16,18H,4-7,10-12H2,1-3H3. The van der Waals surface area contributed by atoms with Crippen LogP contribution in [0.25, 0.3) is 0 Å². The Balaban J connectivity index is 2.10. The van der Waals surface area contributed by atoms with E-state index in [0.717, 1.165) is 24.4 Å². The van der Waals surface area contributed by atoms with Crippen LogP contribution in [0.15, 0.2) is 12.1 Å². The third-order valence-corrected chi connectivity index (χ3v) is 3.21. The number of nitrogens with one attached hydrogen (secondary N) is 1. The van der Waals surface area contributed by atoms with Gasteiger partial charge in [0.25, 0.3) is 0 Å². The molecular weight excluding hydrogens is 240 g/mol. The van der Waals surface area contributed by atoms with Gasteiger partial charge >= 0.3 is 0 Å². The molecule has 1 aromatic heterocycles. The zero-order chi connectivity index (χ0) is 14.1. The minimum absolute atomic E-state index is 0.401. The molecule has 0 aliphatic heterocycles. The molecule has 0 fully saturated rings. The van der Waals surface area contributed by atoms with Gasteiger partial charge in [-0.2, -0.15) is 0 Å². The van der Waals surface area contributed by atoms with Crippen molar-refractivity contribution in [3.8, 4) is 0 Å². The monoisotopic (exact) mass is 268 g/mol. The molecule has 0 saturated heterocycles. The summed E-state index contributed by atoms with van der Waals surface area (Å²) in [4.78, 5) is 0. The highest BCUT2D eigenvalue weighted by Crippen LogP contribution is 2.04. The Morgan fingerprint density at radius 1 is 1.21 bits per heavy atom. The lowest BCUT2D eigenvalue weighted by atomic mass is 10.2. The van der Waals surface area contributed by atoms with Gasteiger partial charge in [-0.1, -0.05) is 26.2 Å². The molecular formula is C15H28N2O2. The summed E-state index contributed by atoms with van der Waals surface area (Å²) in [6.07, 6.45) is 4.34. The van der Waals surface area contributed by atoms with Crippen molar-refractivity contribution >= 4 is 0 Å². The maximum Gasteiger partial charge on any atom is 0.0961 e. The second-order valence-corrected chi connectivity index (χ2v) is 5.10. The van der Waals surface area contributed by atoms with Crippen LogP contribution in [-0.2, 0) is 4.74 Å². The van der Waals surface area contributed by atoms with Gasteiger partial charge in [-0.05, 0) is 32.4 Å². The normalized spacial score (nSPS) is 12.6. The minimum atomic E-state index is -0.465. The van der Waals surface area contributed by atoms with E-state index in [2.05, 4.69) is 24.5 Å². The number of unbranched alkanes of at least 4 members (excludes halogenated alkanes) is 3. The molecule has 0 saturated carbocycles. The molecule has 0 bridgehead atoms. The van der Waals surface area contributed by atoms with Gasteiger partial charge in [0.1, 0.15) is 0 Å². The van der Waals surface area contributed by atoms with Crippen LogP contribution in [0.2, 0.25) is 0 Å². The van der Waals surface area contributed by atoms with Gasteiger partial charge in [-0.3, -0.25) is 4.68 Å². The van der Waals surface area contributed by atoms with Crippen molar-refractivity contribution < 1.29 is 9.84 Å². The smallest absolute Gasteiger partial charge is 0.0961 e. The van der Waals surface area contributed by atoms with Gasteiger partial charge in [0.15, 0.2) is 0 Å². The van der Waals surface area contributed by atoms with Gasteiger partial charge < -0.3 is 15.3 Å². The lowest BCUT2D eigenvalue weighted by Gasteiger charge is -2.16. The van der Waals surface area contributed by atoms with Crippen molar-refractivity contribution in [2.75, 3.05) is 25.2 Å². The number of ether oxygens (including phenoxy) is 1. The number of aryl methyl sites for hydroxylation is 2. The first-order chi connectivity index (χ1) is 9.15. The van der Waals surface area contributed by atoms with E-state index in [1.165, 1.54) is 19.3 Å². The van der Waals surface area contributed by atoms with Crippen LogP contribution in [0.4, 0.5) is 0 Å². The number of hydrogen-bond donors (Lipinski definition) is 2. The van der Waals surface area contributed by atoms with E-state index in [9.17, 15) is 5.11 Å². The Hall–Kier alpha value is -1.00. The van der Waals surface area contributed by atoms with Gasteiger partial charge in [0, 0.05) is 18.0 Å². The Morgan fingerprint density at radius 2 is 1.89 bits per heavy atom. The van der Waals surface area contributed by atoms with E-state index in [4.69, 9.17) is 4.74 Å². The summed E-state index contributed by atoms with van der Waals surface area (Å²) >= 11 is 0. The zero-order valence-corrected chi connectivity index (χ0v) is 12.5. The number of aromatic nitrogens is 1. The van der Waals surface area contributed by atoms with E-state index in [-0.39, 0.29) is 0 Å². The molecule has 2 N–H and O–H groups in total. The molecule has 110 valence electrons. The van der Waals surface area contributed by atoms with Crippen LogP contribution >= 0.6 is 0 Å². The summed E-state index contributed by atoms with van der Waals surface area (Å²) < 4.78 is 7.46. The van der Waals surface area contributed by atoms with E-state index in [1.54, 1.807) is 0 Å². The molecule has 0 aromatic carbocycles. The van der Waals surface area contributed by atoms with E-state index in [1.807, 2.05) is 18.5 Å². The molecule has 0 aliphatic carbocycles. The lowest BCUT2D eigenvalue weighted by molar-refractivity contribution is 0.0404. The van der Waals surface area contributed by atoms with Crippen LogP contribution in [0.5, 0.6) is 0 Å². The Morgan fingerprint density at radius 3 is 2.53 bits per heavy atom. The Bertz CT molecular complexity index is 330. The predicted octanol–water partition coefficient (Wildman–Crippen LogP) is 2.61. The fourth-order valence-corrected chi connectivity index (χ4v) is 2.02. The van der Waals surface area contributed by atoms with Gasteiger partial charge in [-0.25, -0.2) is 0 Å². The number of nitrogens with zero attached hydrogens (tertiary/aromatic N) is 1. The fourth-order valence-electron chi connectivity index (χ4n) is 2.02. The summed E-state index contributed by atoms with van der Waals surface area (Å²) in [5.41, 5.74) is 5.50. The molecule has 1 unspecified atom stereocenters. The first kappa shape index (κ1) is 16.1. The van der Waals surface area contributed by atoms with Crippen molar-refractivity contribution in [2.45, 2.75) is 52.6 Å². The third kappa shape index (κ3) is 6.12. The van der Waals surface area contributed by atoms with Crippen molar-refractivity contribution in [1.29, 1.82) is 0 Å². The summed E-state index contributed by atoms with van der Waals surface area (Å²) in [5.74, 6) is 0. The Kier molecular flexibility index (Phi) is 7.60. The number of rotatable bonds is 10. The SMILES string of the molecule is CCCCCCOCC(O)CNn1c(C)ccc1C. The topological polar surface area (TPSA) is 46.4 Å². The van der Waals surface area contributed by atoms with Gasteiger partial charge in [0.05, 0.1) is 19.3 Å². The third-order valence-electron chi connectivity index (χ3n) is 3.21. The van der Waals surface area contributed by atoms with Crippen molar-refractivity contribution in [3.05, 3.63) is 23.5 Å². The van der Waals surface area contributed by atoms with Crippen molar-refractivity contribution in [3.63, 3.8) is 0 Å². The molecule has 0 amide bonds. The van der Waals surface area contributed by atoms with Gasteiger partial charge in [0.2, 0.25) is 0 Å². The minimum Gasteiger partial charge on any atom is -0.389 e. The molecule has 0 spiro atoms. The second kappa shape index (κ2) is 8.99. The highest BCUT2D eigenvalue weighted by molar-refractivity contribution is 5.15. The fraction of sp³-hybridized carbons (Fsp3) is 0.733. The highest BCUT2D eigenvalue weighted by Gasteiger charge is 2.06. The zero-order valence-electron chi connectivity index (χ0n) is 12.5. The molecule has 19 heavy (non-hydrogen) atoms. The Labute approximate surface area is 116 Å². The lowest BCUT2D eigenvalue weighted by Crippen LogP contribution is -2.30. The molecule has 0 radical (unpaired) electrons. The first-order valence-electron chi connectivity index (χ1n) is 7.29. The maximum atomic E-state index is 9.83. The average Bonchev–Trinajstić information content (AvgIpc) is 2.71. The van der Waals surface area contributed by atoms with Crippen molar-refractivity contribution in [1.82, 2.24) is 4.68 Å². The number of aliphatic hydroxyl groups is 1. The summed E-state index contributed by atoms with van der Waals surface area (Å²) in [5, 5.41) is 9.83. The van der Waals surface area contributed by atoms with Gasteiger partial charge in [-0.15, -0.1) is 0 Å². The first-order valence-corrected chi connectivity index (χ1v) is 7.29. The summed E-state index contributed by atoms with van der Waals surface area (Å²) in [6.45, 7) is 7.93. The summed E-state index contributed by atoms with van der Waals surface area (Å²) in [6, 6.07) is 4.11. The number of aliphatic hydroxyl groups excluding tert-OH is 1. The molecule has 4 nitrogen and oxygen atoms in total. The molecule has 1 atom stereocenters. The maximum absolute atomic E-state index is 9.83. The number of hydrogen-bond acceptors (Lipinski definition) is 3. The van der Waals surface area contributed by atoms with E-state index in [0.29, 0.717) is 13.2 Å². The largest absolute Gasteiger partial charge is 0.389 e. The van der Waals surface area contributed by atoms with Crippen LogP contribution in [0.1, 0.15) is 44.0 Å². The molecule has 1 aromatic rings. The second-order valence-electron chi connectivity index (χ2n) is 5.10. The molecule has 0 aliphatic rings. The van der Waals surface area contributed by atoms with Crippen LogP contribution in [0, 0.1) is 13.8 Å². The van der Waals surface area contributed by atoms with Crippen LogP contribution < -0.4 is 5.43 Å². The molecule has 1 heterocycles. The quantitative estimate of drug-likeness (QED) is 0.641. The van der Waals surface area contributed by atoms with Crippen molar-refractivity contribution in [2.24, 2.45) is 0 Å². The molecule has 1 rings (SSSR count). The average molecular weight is 268 g/mol. The molecule has 4 heteroatoms.